The summed E-state index contributed by atoms with van der Waals surface area (Å²) >= 11 is 6.19. The highest BCUT2D eigenvalue weighted by Crippen LogP contribution is 2.34. The Balaban J connectivity index is 1.54. The molecule has 0 aromatic heterocycles. The molecule has 2 aliphatic heterocycles. The van der Waals surface area contributed by atoms with Crippen molar-refractivity contribution in [2.45, 2.75) is 25.9 Å². The number of methoxy groups -OCH3 is 1. The van der Waals surface area contributed by atoms with Gasteiger partial charge in [0.25, 0.3) is 0 Å². The number of hydrogen-bond acceptors (Lipinski definition) is 4. The first-order valence-corrected chi connectivity index (χ1v) is 9.19. The molecule has 2 amide bonds. The quantitative estimate of drug-likeness (QED) is 0.889. The topological polar surface area (TPSA) is 54.0 Å². The van der Waals surface area contributed by atoms with Crippen molar-refractivity contribution >= 4 is 23.3 Å². The summed E-state index contributed by atoms with van der Waals surface area (Å²) < 4.78 is 11.0. The summed E-state index contributed by atoms with van der Waals surface area (Å²) in [6, 6.07) is 3.90. The van der Waals surface area contributed by atoms with Gasteiger partial charge in [-0.2, -0.15) is 0 Å². The van der Waals surface area contributed by atoms with Gasteiger partial charge in [0.05, 0.1) is 18.9 Å². The van der Waals surface area contributed by atoms with Crippen LogP contribution in [0.3, 0.4) is 0 Å². The third kappa shape index (κ3) is 4.30. The van der Waals surface area contributed by atoms with Crippen molar-refractivity contribution in [3.63, 3.8) is 0 Å². The van der Waals surface area contributed by atoms with Crippen molar-refractivity contribution in [3.8, 4) is 5.75 Å². The first-order valence-electron chi connectivity index (χ1n) is 8.82. The highest BCUT2D eigenvalue weighted by atomic mass is 35.5. The molecule has 0 saturated carbocycles. The van der Waals surface area contributed by atoms with E-state index < -0.39 is 0 Å². The molecule has 2 aliphatic rings. The molecule has 3 rings (SSSR count). The maximum absolute atomic E-state index is 12.3. The monoisotopic (exact) mass is 367 g/mol. The lowest BCUT2D eigenvalue weighted by atomic mass is 10.1. The first kappa shape index (κ1) is 18.1. The van der Waals surface area contributed by atoms with Crippen LogP contribution in [0.2, 0.25) is 5.02 Å². The molecule has 2 saturated heterocycles. The molecule has 0 bridgehead atoms. The Morgan fingerprint density at radius 3 is 2.76 bits per heavy atom. The number of carbonyl (C=O) groups is 1. The number of urea groups is 1. The smallest absolute Gasteiger partial charge is 0.317 e. The molecule has 2 heterocycles. The number of anilines is 1. The summed E-state index contributed by atoms with van der Waals surface area (Å²) in [6.07, 6.45) is 2.29. The summed E-state index contributed by atoms with van der Waals surface area (Å²) in [6.45, 7) is 6.30. The number of halogens is 1. The SMILES string of the molecule is COc1cc(Cl)c(C)cc1N1CCN(C(=O)NCC2CCCO2)CC1. The van der Waals surface area contributed by atoms with Crippen molar-refractivity contribution in [2.24, 2.45) is 0 Å². The van der Waals surface area contributed by atoms with Crippen LogP contribution in [-0.4, -0.2) is 63.5 Å². The number of benzene rings is 1. The molecule has 1 atom stereocenters. The summed E-state index contributed by atoms with van der Waals surface area (Å²) in [5.74, 6) is 0.770. The highest BCUT2D eigenvalue weighted by molar-refractivity contribution is 6.31. The highest BCUT2D eigenvalue weighted by Gasteiger charge is 2.24. The van der Waals surface area contributed by atoms with Crippen LogP contribution in [0.25, 0.3) is 0 Å². The van der Waals surface area contributed by atoms with E-state index in [1.165, 1.54) is 0 Å². The van der Waals surface area contributed by atoms with E-state index in [0.29, 0.717) is 24.7 Å². The molecule has 7 heteroatoms. The van der Waals surface area contributed by atoms with Gasteiger partial charge in [0, 0.05) is 50.4 Å². The Hall–Kier alpha value is -1.66. The molecule has 138 valence electrons. The zero-order valence-electron chi connectivity index (χ0n) is 14.9. The Labute approximate surface area is 154 Å². The minimum Gasteiger partial charge on any atom is -0.495 e. The second-order valence-corrected chi connectivity index (χ2v) is 6.98. The summed E-state index contributed by atoms with van der Waals surface area (Å²) in [7, 11) is 1.65. The molecule has 25 heavy (non-hydrogen) atoms. The molecule has 1 aromatic rings. The van der Waals surface area contributed by atoms with Gasteiger partial charge in [-0.25, -0.2) is 4.79 Å². The summed E-state index contributed by atoms with van der Waals surface area (Å²) in [4.78, 5) is 16.4. The zero-order chi connectivity index (χ0) is 17.8. The van der Waals surface area contributed by atoms with Crippen LogP contribution in [0.4, 0.5) is 10.5 Å². The van der Waals surface area contributed by atoms with Gasteiger partial charge in [-0.05, 0) is 31.4 Å². The van der Waals surface area contributed by atoms with Gasteiger partial charge < -0.3 is 24.6 Å². The fourth-order valence-electron chi connectivity index (χ4n) is 3.33. The predicted octanol–water partition coefficient (Wildman–Crippen LogP) is 2.67. The third-order valence-corrected chi connectivity index (χ3v) is 5.28. The Kier molecular flexibility index (Phi) is 5.91. The second kappa shape index (κ2) is 8.15. The molecule has 0 spiro atoms. The van der Waals surface area contributed by atoms with E-state index in [4.69, 9.17) is 21.1 Å². The van der Waals surface area contributed by atoms with Crippen LogP contribution in [-0.2, 0) is 4.74 Å². The second-order valence-electron chi connectivity index (χ2n) is 6.57. The molecule has 2 fully saturated rings. The predicted molar refractivity (Wildman–Crippen MR) is 98.9 cm³/mol. The molecule has 1 aromatic carbocycles. The number of nitrogens with zero attached hydrogens (tertiary/aromatic N) is 2. The number of aryl methyl sites for hydroxylation is 1. The van der Waals surface area contributed by atoms with E-state index in [1.54, 1.807) is 7.11 Å². The summed E-state index contributed by atoms with van der Waals surface area (Å²) in [5.41, 5.74) is 2.05. The van der Waals surface area contributed by atoms with E-state index in [0.717, 1.165) is 49.5 Å². The maximum Gasteiger partial charge on any atom is 0.317 e. The number of nitrogens with one attached hydrogen (secondary N) is 1. The maximum atomic E-state index is 12.3. The van der Waals surface area contributed by atoms with Crippen LogP contribution in [0.1, 0.15) is 18.4 Å². The van der Waals surface area contributed by atoms with E-state index in [-0.39, 0.29) is 12.1 Å². The van der Waals surface area contributed by atoms with Gasteiger partial charge in [0.2, 0.25) is 0 Å². The number of piperazine rings is 1. The Morgan fingerprint density at radius 2 is 2.12 bits per heavy atom. The summed E-state index contributed by atoms with van der Waals surface area (Å²) in [5, 5.41) is 3.69. The van der Waals surface area contributed by atoms with Crippen molar-refractivity contribution in [2.75, 3.05) is 51.3 Å². The van der Waals surface area contributed by atoms with Crippen molar-refractivity contribution in [1.29, 1.82) is 0 Å². The molecule has 6 nitrogen and oxygen atoms in total. The minimum absolute atomic E-state index is 0.00518. The lowest BCUT2D eigenvalue weighted by Crippen LogP contribution is -2.52. The van der Waals surface area contributed by atoms with Crippen molar-refractivity contribution in [3.05, 3.63) is 22.7 Å². The van der Waals surface area contributed by atoms with E-state index in [2.05, 4.69) is 10.2 Å². The molecular formula is C18H26ClN3O3. The van der Waals surface area contributed by atoms with Gasteiger partial charge in [-0.3, -0.25) is 0 Å². The molecule has 1 N–H and O–H groups in total. The van der Waals surface area contributed by atoms with Gasteiger partial charge in [0.1, 0.15) is 5.75 Å². The lowest BCUT2D eigenvalue weighted by molar-refractivity contribution is 0.108. The molecule has 0 radical (unpaired) electrons. The Morgan fingerprint density at radius 1 is 1.36 bits per heavy atom. The first-order chi connectivity index (χ1) is 12.1. The zero-order valence-corrected chi connectivity index (χ0v) is 15.6. The van der Waals surface area contributed by atoms with Crippen molar-refractivity contribution in [1.82, 2.24) is 10.2 Å². The number of hydrogen-bond donors (Lipinski definition) is 1. The van der Waals surface area contributed by atoms with Crippen molar-refractivity contribution < 1.29 is 14.3 Å². The number of carbonyl (C=O) groups excluding carboxylic acids is 1. The molecular weight excluding hydrogens is 342 g/mol. The van der Waals surface area contributed by atoms with Crippen LogP contribution in [0, 0.1) is 6.92 Å². The lowest BCUT2D eigenvalue weighted by Gasteiger charge is -2.37. The van der Waals surface area contributed by atoms with Gasteiger partial charge in [0.15, 0.2) is 0 Å². The molecule has 0 aliphatic carbocycles. The Bertz CT molecular complexity index is 612. The van der Waals surface area contributed by atoms with Gasteiger partial charge >= 0.3 is 6.03 Å². The van der Waals surface area contributed by atoms with E-state index in [1.807, 2.05) is 24.0 Å². The number of amides is 2. The third-order valence-electron chi connectivity index (χ3n) is 4.87. The van der Waals surface area contributed by atoms with Crippen LogP contribution < -0.4 is 15.0 Å². The minimum atomic E-state index is -0.00518. The number of ether oxygens (including phenoxy) is 2. The average Bonchev–Trinajstić information content (AvgIpc) is 3.15. The fraction of sp³-hybridized carbons (Fsp3) is 0.611. The van der Waals surface area contributed by atoms with E-state index in [9.17, 15) is 4.79 Å². The van der Waals surface area contributed by atoms with Crippen LogP contribution in [0.5, 0.6) is 5.75 Å². The average molecular weight is 368 g/mol. The van der Waals surface area contributed by atoms with Gasteiger partial charge in [-0.15, -0.1) is 0 Å². The number of rotatable bonds is 4. The van der Waals surface area contributed by atoms with Crippen LogP contribution in [0.15, 0.2) is 12.1 Å². The standard InChI is InChI=1S/C18H26ClN3O3/c1-13-10-16(17(24-2)11-15(13)19)21-5-7-22(8-6-21)18(23)20-12-14-4-3-9-25-14/h10-11,14H,3-9,12H2,1-2H3,(H,20,23). The van der Waals surface area contributed by atoms with E-state index >= 15 is 0 Å². The van der Waals surface area contributed by atoms with Gasteiger partial charge in [-0.1, -0.05) is 11.6 Å². The fourth-order valence-corrected chi connectivity index (χ4v) is 3.48. The van der Waals surface area contributed by atoms with Crippen LogP contribution >= 0.6 is 11.6 Å². The molecule has 1 unspecified atom stereocenters. The normalized spacial score (nSPS) is 20.7. The largest absolute Gasteiger partial charge is 0.495 e.